The lowest BCUT2D eigenvalue weighted by molar-refractivity contribution is 0.177. The molecule has 0 radical (unpaired) electrons. The number of hydrogen-bond acceptors (Lipinski definition) is 4. The summed E-state index contributed by atoms with van der Waals surface area (Å²) in [4.78, 5) is 0.190. The van der Waals surface area contributed by atoms with Gasteiger partial charge in [0.15, 0.2) is 0 Å². The van der Waals surface area contributed by atoms with Crippen molar-refractivity contribution in [3.8, 4) is 5.75 Å². The molecular weight excluding hydrogens is 254 g/mol. The summed E-state index contributed by atoms with van der Waals surface area (Å²) < 4.78 is 30.6. The van der Waals surface area contributed by atoms with Gasteiger partial charge in [0.1, 0.15) is 5.75 Å². The van der Waals surface area contributed by atoms with Crippen LogP contribution in [0, 0.1) is 0 Å². The van der Waals surface area contributed by atoms with Crippen LogP contribution in [0.15, 0.2) is 29.2 Å². The number of aliphatic hydroxyl groups excluding tert-OH is 1. The van der Waals surface area contributed by atoms with Crippen LogP contribution < -0.4 is 4.74 Å². The van der Waals surface area contributed by atoms with Crippen molar-refractivity contribution in [1.29, 1.82) is 0 Å². The topological polar surface area (TPSA) is 66.8 Å². The second kappa shape index (κ2) is 6.17. The van der Waals surface area contributed by atoms with Crippen LogP contribution in [0.1, 0.15) is 13.3 Å². The molecule has 0 aliphatic rings. The molecule has 0 saturated carbocycles. The van der Waals surface area contributed by atoms with Gasteiger partial charge in [-0.15, -0.1) is 0 Å². The Hall–Kier alpha value is -1.11. The maximum absolute atomic E-state index is 12.2. The molecule has 0 aliphatic heterocycles. The van der Waals surface area contributed by atoms with Gasteiger partial charge in [0.2, 0.25) is 10.0 Å². The molecule has 0 aliphatic carbocycles. The van der Waals surface area contributed by atoms with Crippen molar-refractivity contribution in [2.45, 2.75) is 24.3 Å². The van der Waals surface area contributed by atoms with Gasteiger partial charge < -0.3 is 9.84 Å². The summed E-state index contributed by atoms with van der Waals surface area (Å²) in [6, 6.07) is 6.33. The summed E-state index contributed by atoms with van der Waals surface area (Å²) in [7, 11) is -0.539. The maximum atomic E-state index is 12.2. The summed E-state index contributed by atoms with van der Waals surface area (Å²) >= 11 is 0. The monoisotopic (exact) mass is 273 g/mol. The van der Waals surface area contributed by atoms with Gasteiger partial charge in [-0.05, 0) is 25.5 Å². The number of ether oxygens (including phenoxy) is 1. The normalized spacial score (nSPS) is 13.6. The number of benzene rings is 1. The molecule has 0 spiro atoms. The van der Waals surface area contributed by atoms with E-state index in [2.05, 4.69) is 0 Å². The first kappa shape index (κ1) is 14.9. The Kier molecular flexibility index (Phi) is 5.13. The zero-order chi connectivity index (χ0) is 13.8. The molecule has 1 aromatic rings. The minimum Gasteiger partial charge on any atom is -0.497 e. The Balaban J connectivity index is 2.91. The Morgan fingerprint density at radius 3 is 2.67 bits per heavy atom. The van der Waals surface area contributed by atoms with Gasteiger partial charge in [0, 0.05) is 19.7 Å². The van der Waals surface area contributed by atoms with Crippen LogP contribution in [0.4, 0.5) is 0 Å². The second-order valence-electron chi connectivity index (χ2n) is 4.14. The molecule has 1 rings (SSSR count). The predicted octanol–water partition coefficient (Wildman–Crippen LogP) is 1.09. The van der Waals surface area contributed by atoms with E-state index in [1.807, 2.05) is 0 Å². The van der Waals surface area contributed by atoms with Crippen molar-refractivity contribution in [2.24, 2.45) is 0 Å². The van der Waals surface area contributed by atoms with E-state index in [4.69, 9.17) is 4.74 Å². The zero-order valence-electron chi connectivity index (χ0n) is 10.8. The summed E-state index contributed by atoms with van der Waals surface area (Å²) in [6.45, 7) is 1.91. The van der Waals surface area contributed by atoms with Gasteiger partial charge in [-0.3, -0.25) is 0 Å². The SMILES string of the molecule is COc1cccc(S(=O)(=O)N(C)CCC(C)O)c1. The van der Waals surface area contributed by atoms with Crippen molar-refractivity contribution >= 4 is 10.0 Å². The van der Waals surface area contributed by atoms with Gasteiger partial charge in [-0.1, -0.05) is 6.07 Å². The molecule has 5 nitrogen and oxygen atoms in total. The molecule has 1 unspecified atom stereocenters. The number of methoxy groups -OCH3 is 1. The molecule has 0 saturated heterocycles. The van der Waals surface area contributed by atoms with E-state index in [0.717, 1.165) is 0 Å². The first-order chi connectivity index (χ1) is 8.37. The third-order valence-corrected chi connectivity index (χ3v) is 4.46. The van der Waals surface area contributed by atoms with E-state index in [0.29, 0.717) is 12.2 Å². The molecule has 1 N–H and O–H groups in total. The number of aliphatic hydroxyl groups is 1. The van der Waals surface area contributed by atoms with Crippen LogP contribution in [0.2, 0.25) is 0 Å². The van der Waals surface area contributed by atoms with Gasteiger partial charge in [0.25, 0.3) is 0 Å². The molecule has 18 heavy (non-hydrogen) atoms. The van der Waals surface area contributed by atoms with Crippen LogP contribution in [0.3, 0.4) is 0 Å². The summed E-state index contributed by atoms with van der Waals surface area (Å²) in [5.74, 6) is 0.500. The first-order valence-corrected chi connectivity index (χ1v) is 7.10. The molecule has 0 fully saturated rings. The van der Waals surface area contributed by atoms with Gasteiger partial charge in [0.05, 0.1) is 18.1 Å². The van der Waals surface area contributed by atoms with E-state index < -0.39 is 16.1 Å². The van der Waals surface area contributed by atoms with Gasteiger partial charge >= 0.3 is 0 Å². The molecule has 0 aromatic heterocycles. The van der Waals surface area contributed by atoms with Crippen molar-refractivity contribution in [2.75, 3.05) is 20.7 Å². The van der Waals surface area contributed by atoms with Gasteiger partial charge in [-0.2, -0.15) is 0 Å². The summed E-state index contributed by atoms with van der Waals surface area (Å²) in [5.41, 5.74) is 0. The fourth-order valence-corrected chi connectivity index (χ4v) is 2.65. The minimum absolute atomic E-state index is 0.190. The Labute approximate surface area is 108 Å². The van der Waals surface area contributed by atoms with Crippen molar-refractivity contribution in [3.63, 3.8) is 0 Å². The highest BCUT2D eigenvalue weighted by Gasteiger charge is 2.21. The van der Waals surface area contributed by atoms with E-state index in [1.54, 1.807) is 19.1 Å². The molecule has 0 amide bonds. The number of nitrogens with zero attached hydrogens (tertiary/aromatic N) is 1. The van der Waals surface area contributed by atoms with Crippen molar-refractivity contribution in [3.05, 3.63) is 24.3 Å². The van der Waals surface area contributed by atoms with E-state index in [9.17, 15) is 13.5 Å². The third kappa shape index (κ3) is 3.69. The molecule has 102 valence electrons. The lowest BCUT2D eigenvalue weighted by atomic mass is 10.3. The molecule has 0 heterocycles. The summed E-state index contributed by atoms with van der Waals surface area (Å²) in [6.07, 6.45) is -0.118. The average Bonchev–Trinajstić information content (AvgIpc) is 2.35. The fraction of sp³-hybridized carbons (Fsp3) is 0.500. The van der Waals surface area contributed by atoms with Crippen molar-refractivity contribution in [1.82, 2.24) is 4.31 Å². The largest absolute Gasteiger partial charge is 0.497 e. The van der Waals surface area contributed by atoms with Crippen molar-refractivity contribution < 1.29 is 18.3 Å². The molecule has 1 atom stereocenters. The highest BCUT2D eigenvalue weighted by atomic mass is 32.2. The predicted molar refractivity (Wildman–Crippen MR) is 69.1 cm³/mol. The standard InChI is InChI=1S/C12H19NO4S/c1-10(14)7-8-13(2)18(15,16)12-6-4-5-11(9-12)17-3/h4-6,9-10,14H,7-8H2,1-3H3. The first-order valence-electron chi connectivity index (χ1n) is 5.66. The smallest absolute Gasteiger partial charge is 0.242 e. The average molecular weight is 273 g/mol. The lowest BCUT2D eigenvalue weighted by Crippen LogP contribution is -2.29. The maximum Gasteiger partial charge on any atom is 0.242 e. The number of sulfonamides is 1. The number of rotatable bonds is 6. The minimum atomic E-state index is -3.53. The quantitative estimate of drug-likeness (QED) is 0.842. The van der Waals surface area contributed by atoms with E-state index in [-0.39, 0.29) is 11.4 Å². The van der Waals surface area contributed by atoms with E-state index >= 15 is 0 Å². The molecular formula is C12H19NO4S. The van der Waals surface area contributed by atoms with Gasteiger partial charge in [-0.25, -0.2) is 12.7 Å². The van der Waals surface area contributed by atoms with Crippen LogP contribution in [-0.4, -0.2) is 44.6 Å². The van der Waals surface area contributed by atoms with Crippen LogP contribution >= 0.6 is 0 Å². The summed E-state index contributed by atoms with van der Waals surface area (Å²) in [5, 5.41) is 9.18. The van der Waals surface area contributed by atoms with Crippen LogP contribution in [0.5, 0.6) is 5.75 Å². The Morgan fingerprint density at radius 2 is 2.11 bits per heavy atom. The highest BCUT2D eigenvalue weighted by Crippen LogP contribution is 2.20. The van der Waals surface area contributed by atoms with Crippen LogP contribution in [-0.2, 0) is 10.0 Å². The van der Waals surface area contributed by atoms with Crippen LogP contribution in [0.25, 0.3) is 0 Å². The molecule has 1 aromatic carbocycles. The van der Waals surface area contributed by atoms with E-state index in [1.165, 1.54) is 30.6 Å². The highest BCUT2D eigenvalue weighted by molar-refractivity contribution is 7.89. The molecule has 6 heteroatoms. The third-order valence-electron chi connectivity index (χ3n) is 2.61. The number of hydrogen-bond donors (Lipinski definition) is 1. The lowest BCUT2D eigenvalue weighted by Gasteiger charge is -2.18. The fourth-order valence-electron chi connectivity index (χ4n) is 1.43. The zero-order valence-corrected chi connectivity index (χ0v) is 11.6. The molecule has 0 bridgehead atoms. The second-order valence-corrected chi connectivity index (χ2v) is 6.19. The Bertz CT molecular complexity index is 485. The Morgan fingerprint density at radius 1 is 1.44 bits per heavy atom.